The van der Waals surface area contributed by atoms with Crippen molar-refractivity contribution >= 4 is 37.3 Å². The molecule has 3 rings (SSSR count). The molecule has 0 aromatic heterocycles. The lowest BCUT2D eigenvalue weighted by molar-refractivity contribution is -0.116. The Bertz CT molecular complexity index is 1340. The van der Waals surface area contributed by atoms with E-state index in [1.807, 2.05) is 6.92 Å². The van der Waals surface area contributed by atoms with Crippen LogP contribution >= 0.6 is 0 Å². The van der Waals surface area contributed by atoms with E-state index >= 15 is 0 Å². The second-order valence-electron chi connectivity index (χ2n) is 7.37. The molecule has 0 radical (unpaired) electrons. The van der Waals surface area contributed by atoms with Crippen LogP contribution in [0.5, 0.6) is 5.75 Å². The molecule has 3 aromatic rings. The van der Waals surface area contributed by atoms with Crippen LogP contribution in [0.25, 0.3) is 0 Å². The van der Waals surface area contributed by atoms with Gasteiger partial charge in [-0.05, 0) is 67.6 Å². The smallest absolute Gasteiger partial charge is 0.261 e. The highest BCUT2D eigenvalue weighted by Gasteiger charge is 2.16. The van der Waals surface area contributed by atoms with Gasteiger partial charge in [-0.2, -0.15) is 0 Å². The van der Waals surface area contributed by atoms with Gasteiger partial charge in [-0.25, -0.2) is 21.6 Å². The van der Waals surface area contributed by atoms with Gasteiger partial charge in [-0.1, -0.05) is 17.7 Å². The molecule has 180 valence electrons. The molecule has 0 bridgehead atoms. The molecule has 11 heteroatoms. The summed E-state index contributed by atoms with van der Waals surface area (Å²) >= 11 is 0. The summed E-state index contributed by atoms with van der Waals surface area (Å²) < 4.78 is 59.6. The van der Waals surface area contributed by atoms with E-state index in [1.165, 1.54) is 55.6 Å². The molecule has 34 heavy (non-hydrogen) atoms. The lowest BCUT2D eigenvalue weighted by atomic mass is 10.2. The molecule has 0 unspecified atom stereocenters. The van der Waals surface area contributed by atoms with Gasteiger partial charge in [0, 0.05) is 24.3 Å². The van der Waals surface area contributed by atoms with E-state index in [2.05, 4.69) is 14.8 Å². The molecule has 1 amide bonds. The second kappa shape index (κ2) is 10.7. The molecule has 0 saturated heterocycles. The Labute approximate surface area is 199 Å². The SMILES string of the molecule is COc1ccc(S(=O)(=O)NCCC(=O)Nc2ccc(S(=O)(=O)Nc3ccc(C)cc3)cc2)cc1. The van der Waals surface area contributed by atoms with Gasteiger partial charge >= 0.3 is 0 Å². The molecular weight excluding hydrogens is 478 g/mol. The lowest BCUT2D eigenvalue weighted by Gasteiger charge is -2.10. The summed E-state index contributed by atoms with van der Waals surface area (Å²) in [5.41, 5.74) is 1.84. The van der Waals surface area contributed by atoms with Gasteiger partial charge in [0.1, 0.15) is 5.75 Å². The topological polar surface area (TPSA) is 131 Å². The van der Waals surface area contributed by atoms with E-state index in [0.717, 1.165) is 5.56 Å². The van der Waals surface area contributed by atoms with Crippen molar-refractivity contribution in [1.29, 1.82) is 0 Å². The standard InChI is InChI=1S/C23H25N3O6S2/c1-17-3-5-19(6-4-17)26-34(30,31)22-11-7-18(8-12-22)25-23(27)15-16-24-33(28,29)21-13-9-20(32-2)10-14-21/h3-14,24,26H,15-16H2,1-2H3,(H,25,27). The van der Waals surface area contributed by atoms with Crippen molar-refractivity contribution in [3.05, 3.63) is 78.4 Å². The van der Waals surface area contributed by atoms with E-state index in [1.54, 1.807) is 24.3 Å². The first-order chi connectivity index (χ1) is 16.1. The maximum Gasteiger partial charge on any atom is 0.261 e. The Kier molecular flexibility index (Phi) is 7.92. The van der Waals surface area contributed by atoms with Gasteiger partial charge in [-0.15, -0.1) is 0 Å². The van der Waals surface area contributed by atoms with Gasteiger partial charge in [0.05, 0.1) is 16.9 Å². The number of anilines is 2. The third-order valence-corrected chi connectivity index (χ3v) is 7.64. The highest BCUT2D eigenvalue weighted by atomic mass is 32.2. The number of ether oxygens (including phenoxy) is 1. The number of sulfonamides is 2. The summed E-state index contributed by atoms with van der Waals surface area (Å²) in [4.78, 5) is 12.3. The molecule has 0 fully saturated rings. The van der Waals surface area contributed by atoms with E-state index < -0.39 is 26.0 Å². The molecule has 0 spiro atoms. The summed E-state index contributed by atoms with van der Waals surface area (Å²) in [5, 5.41) is 2.61. The van der Waals surface area contributed by atoms with Crippen molar-refractivity contribution in [1.82, 2.24) is 4.72 Å². The maximum absolute atomic E-state index is 12.5. The number of carbonyl (C=O) groups is 1. The number of rotatable bonds is 10. The monoisotopic (exact) mass is 503 g/mol. The van der Waals surface area contributed by atoms with Crippen LogP contribution in [0.3, 0.4) is 0 Å². The van der Waals surface area contributed by atoms with Gasteiger partial charge in [0.25, 0.3) is 10.0 Å². The van der Waals surface area contributed by atoms with E-state index in [4.69, 9.17) is 4.74 Å². The van der Waals surface area contributed by atoms with Crippen LogP contribution in [0.1, 0.15) is 12.0 Å². The number of hydrogen-bond acceptors (Lipinski definition) is 6. The summed E-state index contributed by atoms with van der Waals surface area (Å²) in [6, 6.07) is 18.5. The largest absolute Gasteiger partial charge is 0.497 e. The Morgan fingerprint density at radius 3 is 1.88 bits per heavy atom. The average molecular weight is 504 g/mol. The fourth-order valence-electron chi connectivity index (χ4n) is 2.91. The van der Waals surface area contributed by atoms with Crippen molar-refractivity contribution in [3.8, 4) is 5.75 Å². The Morgan fingerprint density at radius 2 is 1.29 bits per heavy atom. The van der Waals surface area contributed by atoms with E-state index in [-0.39, 0.29) is 22.8 Å². The highest BCUT2D eigenvalue weighted by Crippen LogP contribution is 2.19. The lowest BCUT2D eigenvalue weighted by Crippen LogP contribution is -2.27. The molecule has 0 saturated carbocycles. The first-order valence-corrected chi connectivity index (χ1v) is 13.2. The normalized spacial score (nSPS) is 11.6. The van der Waals surface area contributed by atoms with Crippen molar-refractivity contribution in [3.63, 3.8) is 0 Å². The zero-order chi connectivity index (χ0) is 24.8. The third kappa shape index (κ3) is 6.80. The van der Waals surface area contributed by atoms with E-state index in [9.17, 15) is 21.6 Å². The Hall–Kier alpha value is -3.41. The van der Waals surface area contributed by atoms with Crippen LogP contribution in [0.4, 0.5) is 11.4 Å². The van der Waals surface area contributed by atoms with Crippen molar-refractivity contribution in [2.24, 2.45) is 0 Å². The van der Waals surface area contributed by atoms with Crippen molar-refractivity contribution in [2.45, 2.75) is 23.1 Å². The van der Waals surface area contributed by atoms with Crippen LogP contribution in [0, 0.1) is 6.92 Å². The summed E-state index contributed by atoms with van der Waals surface area (Å²) in [7, 11) is -6.06. The Balaban J connectivity index is 1.52. The molecule has 9 nitrogen and oxygen atoms in total. The average Bonchev–Trinajstić information content (AvgIpc) is 2.81. The van der Waals surface area contributed by atoms with Crippen LogP contribution in [0.15, 0.2) is 82.6 Å². The fraction of sp³-hybridized carbons (Fsp3) is 0.174. The van der Waals surface area contributed by atoms with Gasteiger partial charge < -0.3 is 10.1 Å². The van der Waals surface area contributed by atoms with Gasteiger partial charge in [0.2, 0.25) is 15.9 Å². The number of hydrogen-bond donors (Lipinski definition) is 3. The summed E-state index contributed by atoms with van der Waals surface area (Å²) in [5.74, 6) is 0.105. The van der Waals surface area contributed by atoms with Gasteiger partial charge in [-0.3, -0.25) is 9.52 Å². The molecule has 0 aliphatic heterocycles. The minimum Gasteiger partial charge on any atom is -0.497 e. The summed E-state index contributed by atoms with van der Waals surface area (Å²) in [6.45, 7) is 1.80. The molecule has 0 atom stereocenters. The minimum atomic E-state index is -3.78. The zero-order valence-electron chi connectivity index (χ0n) is 18.6. The third-order valence-electron chi connectivity index (χ3n) is 4.77. The van der Waals surface area contributed by atoms with Crippen LogP contribution in [-0.4, -0.2) is 36.4 Å². The van der Waals surface area contributed by atoms with Crippen LogP contribution < -0.4 is 19.5 Å². The number of amides is 1. The van der Waals surface area contributed by atoms with Gasteiger partial charge in [0.15, 0.2) is 0 Å². The molecule has 0 aliphatic rings. The van der Waals surface area contributed by atoms with Crippen LogP contribution in [0.2, 0.25) is 0 Å². The number of benzene rings is 3. The molecule has 3 N–H and O–H groups in total. The molecular formula is C23H25N3O6S2. The number of carbonyl (C=O) groups excluding carboxylic acids is 1. The first-order valence-electron chi connectivity index (χ1n) is 10.2. The predicted molar refractivity (Wildman–Crippen MR) is 130 cm³/mol. The van der Waals surface area contributed by atoms with Crippen molar-refractivity contribution in [2.75, 3.05) is 23.7 Å². The van der Waals surface area contributed by atoms with E-state index in [0.29, 0.717) is 17.1 Å². The number of nitrogens with one attached hydrogen (secondary N) is 3. The minimum absolute atomic E-state index is 0.0401. The maximum atomic E-state index is 12.5. The van der Waals surface area contributed by atoms with Crippen molar-refractivity contribution < 1.29 is 26.4 Å². The number of aryl methyl sites for hydroxylation is 1. The summed E-state index contributed by atoms with van der Waals surface area (Å²) in [6.07, 6.45) is -0.107. The molecule has 0 aliphatic carbocycles. The quantitative estimate of drug-likeness (QED) is 0.390. The second-order valence-corrected chi connectivity index (χ2v) is 10.8. The molecule has 0 heterocycles. The molecule has 3 aromatic carbocycles. The fourth-order valence-corrected chi connectivity index (χ4v) is 5.00. The highest BCUT2D eigenvalue weighted by molar-refractivity contribution is 7.92. The Morgan fingerprint density at radius 1 is 0.765 bits per heavy atom. The first kappa shape index (κ1) is 25.2. The number of methoxy groups -OCH3 is 1. The van der Waals surface area contributed by atoms with Crippen LogP contribution in [-0.2, 0) is 24.8 Å². The predicted octanol–water partition coefficient (Wildman–Crippen LogP) is 3.11. The zero-order valence-corrected chi connectivity index (χ0v) is 20.2.